The molecule has 0 aliphatic heterocycles. The number of benzene rings is 1. The zero-order valence-corrected chi connectivity index (χ0v) is 9.20. The number of hydrogen-bond donors (Lipinski definition) is 1. The first-order valence-electron chi connectivity index (χ1n) is 4.55. The summed E-state index contributed by atoms with van der Waals surface area (Å²) in [7, 11) is -3.49. The quantitative estimate of drug-likeness (QED) is 0.820. The standard InChI is InChI=1S/C10H13NO3S/c1-2-15(13,14)9(10(11)12)8-6-4-3-5-7-8/h3-7,9H,2H2,1H3,(H2,11,12). The van der Waals surface area contributed by atoms with E-state index in [1.807, 2.05) is 0 Å². The molecule has 1 atom stereocenters. The molecule has 0 aliphatic rings. The number of amides is 1. The summed E-state index contributed by atoms with van der Waals surface area (Å²) in [5.74, 6) is -0.932. The molecule has 0 heterocycles. The molecule has 0 fully saturated rings. The molecular weight excluding hydrogens is 214 g/mol. The van der Waals surface area contributed by atoms with Crippen LogP contribution in [0.25, 0.3) is 0 Å². The lowest BCUT2D eigenvalue weighted by Gasteiger charge is -2.13. The maximum Gasteiger partial charge on any atom is 0.240 e. The number of carbonyl (C=O) groups is 1. The van der Waals surface area contributed by atoms with E-state index in [0.29, 0.717) is 5.56 Å². The van der Waals surface area contributed by atoms with Gasteiger partial charge in [0.25, 0.3) is 0 Å². The predicted molar refractivity (Wildman–Crippen MR) is 57.8 cm³/mol. The molecule has 2 N–H and O–H groups in total. The molecule has 15 heavy (non-hydrogen) atoms. The Morgan fingerprint density at radius 3 is 2.27 bits per heavy atom. The number of sulfone groups is 1. The van der Waals surface area contributed by atoms with E-state index >= 15 is 0 Å². The van der Waals surface area contributed by atoms with Crippen molar-refractivity contribution in [2.45, 2.75) is 12.2 Å². The third-order valence-corrected chi connectivity index (χ3v) is 4.15. The topological polar surface area (TPSA) is 77.2 Å². The maximum atomic E-state index is 11.6. The Labute approximate surface area is 89.0 Å². The van der Waals surface area contributed by atoms with Crippen molar-refractivity contribution in [1.29, 1.82) is 0 Å². The molecule has 0 saturated carbocycles. The average molecular weight is 227 g/mol. The second kappa shape index (κ2) is 4.44. The summed E-state index contributed by atoms with van der Waals surface area (Å²) in [6.45, 7) is 1.49. The normalized spacial score (nSPS) is 13.4. The van der Waals surface area contributed by atoms with E-state index in [1.54, 1.807) is 30.3 Å². The highest BCUT2D eigenvalue weighted by Crippen LogP contribution is 2.22. The van der Waals surface area contributed by atoms with Gasteiger partial charge in [0.05, 0.1) is 0 Å². The highest BCUT2D eigenvalue weighted by molar-refractivity contribution is 7.92. The van der Waals surface area contributed by atoms with Crippen molar-refractivity contribution < 1.29 is 13.2 Å². The van der Waals surface area contributed by atoms with E-state index in [-0.39, 0.29) is 5.75 Å². The molecular formula is C10H13NO3S. The van der Waals surface area contributed by atoms with Crippen LogP contribution in [0.4, 0.5) is 0 Å². The van der Waals surface area contributed by atoms with E-state index in [9.17, 15) is 13.2 Å². The maximum absolute atomic E-state index is 11.6. The number of nitrogens with two attached hydrogens (primary N) is 1. The molecule has 1 aromatic rings. The molecule has 1 aromatic carbocycles. The zero-order valence-electron chi connectivity index (χ0n) is 8.38. The molecule has 1 amide bonds. The van der Waals surface area contributed by atoms with Crippen LogP contribution in [0.3, 0.4) is 0 Å². The fraction of sp³-hybridized carbons (Fsp3) is 0.300. The van der Waals surface area contributed by atoms with Crippen LogP contribution in [0, 0.1) is 0 Å². The molecule has 0 saturated heterocycles. The summed E-state index contributed by atoms with van der Waals surface area (Å²) >= 11 is 0. The Morgan fingerprint density at radius 2 is 1.87 bits per heavy atom. The second-order valence-electron chi connectivity index (χ2n) is 3.14. The number of rotatable bonds is 4. The Morgan fingerprint density at radius 1 is 1.33 bits per heavy atom. The van der Waals surface area contributed by atoms with Gasteiger partial charge in [-0.25, -0.2) is 8.42 Å². The van der Waals surface area contributed by atoms with E-state index in [0.717, 1.165) is 0 Å². The molecule has 0 bridgehead atoms. The van der Waals surface area contributed by atoms with Crippen LogP contribution in [-0.2, 0) is 14.6 Å². The van der Waals surface area contributed by atoms with Gasteiger partial charge in [0.1, 0.15) is 0 Å². The Bertz CT molecular complexity index is 439. The van der Waals surface area contributed by atoms with Crippen LogP contribution in [-0.4, -0.2) is 20.1 Å². The predicted octanol–water partition coefficient (Wildman–Crippen LogP) is 0.648. The summed E-state index contributed by atoms with van der Waals surface area (Å²) in [6.07, 6.45) is 0. The van der Waals surface area contributed by atoms with Gasteiger partial charge >= 0.3 is 0 Å². The molecule has 4 nitrogen and oxygen atoms in total. The van der Waals surface area contributed by atoms with E-state index in [4.69, 9.17) is 5.73 Å². The van der Waals surface area contributed by atoms with Crippen LogP contribution >= 0.6 is 0 Å². The van der Waals surface area contributed by atoms with Crippen LogP contribution in [0.15, 0.2) is 30.3 Å². The zero-order chi connectivity index (χ0) is 11.5. The summed E-state index contributed by atoms with van der Waals surface area (Å²) in [5, 5.41) is -1.23. The van der Waals surface area contributed by atoms with Crippen molar-refractivity contribution in [3.8, 4) is 0 Å². The monoisotopic (exact) mass is 227 g/mol. The Balaban J connectivity index is 3.23. The van der Waals surface area contributed by atoms with Crippen molar-refractivity contribution in [3.05, 3.63) is 35.9 Å². The van der Waals surface area contributed by atoms with Crippen molar-refractivity contribution >= 4 is 15.7 Å². The van der Waals surface area contributed by atoms with Crippen molar-refractivity contribution in [3.63, 3.8) is 0 Å². The second-order valence-corrected chi connectivity index (χ2v) is 5.52. The molecule has 0 aromatic heterocycles. The summed E-state index contributed by atoms with van der Waals surface area (Å²) in [4.78, 5) is 11.1. The van der Waals surface area contributed by atoms with Gasteiger partial charge in [-0.05, 0) is 5.56 Å². The Hall–Kier alpha value is -1.36. The first kappa shape index (κ1) is 11.7. The minimum absolute atomic E-state index is 0.102. The van der Waals surface area contributed by atoms with Crippen LogP contribution in [0.2, 0.25) is 0 Å². The minimum atomic E-state index is -3.49. The number of hydrogen-bond acceptors (Lipinski definition) is 3. The van der Waals surface area contributed by atoms with Crippen molar-refractivity contribution in [1.82, 2.24) is 0 Å². The van der Waals surface area contributed by atoms with Gasteiger partial charge in [-0.15, -0.1) is 0 Å². The van der Waals surface area contributed by atoms with Gasteiger partial charge in [0.15, 0.2) is 15.1 Å². The summed E-state index contributed by atoms with van der Waals surface area (Å²) in [6, 6.07) is 8.28. The molecule has 82 valence electrons. The van der Waals surface area contributed by atoms with Crippen LogP contribution in [0.5, 0.6) is 0 Å². The van der Waals surface area contributed by atoms with E-state index in [1.165, 1.54) is 6.92 Å². The lowest BCUT2D eigenvalue weighted by atomic mass is 10.1. The van der Waals surface area contributed by atoms with Gasteiger partial charge in [0, 0.05) is 5.75 Å². The molecule has 5 heteroatoms. The third-order valence-electron chi connectivity index (χ3n) is 2.12. The van der Waals surface area contributed by atoms with Gasteiger partial charge < -0.3 is 5.73 Å². The first-order chi connectivity index (χ1) is 6.99. The summed E-state index contributed by atoms with van der Waals surface area (Å²) < 4.78 is 23.3. The van der Waals surface area contributed by atoms with Gasteiger partial charge in [-0.3, -0.25) is 4.79 Å². The first-order valence-corrected chi connectivity index (χ1v) is 6.26. The molecule has 0 spiro atoms. The Kier molecular flexibility index (Phi) is 3.47. The lowest BCUT2D eigenvalue weighted by molar-refractivity contribution is -0.117. The van der Waals surface area contributed by atoms with E-state index < -0.39 is 21.0 Å². The smallest absolute Gasteiger partial charge is 0.240 e. The number of primary amides is 1. The van der Waals surface area contributed by atoms with Crippen molar-refractivity contribution in [2.75, 3.05) is 5.75 Å². The lowest BCUT2D eigenvalue weighted by Crippen LogP contribution is -2.29. The van der Waals surface area contributed by atoms with Crippen molar-refractivity contribution in [2.24, 2.45) is 5.73 Å². The molecule has 1 unspecified atom stereocenters. The average Bonchev–Trinajstić information content (AvgIpc) is 2.18. The van der Waals surface area contributed by atoms with Crippen LogP contribution in [0.1, 0.15) is 17.7 Å². The highest BCUT2D eigenvalue weighted by atomic mass is 32.2. The largest absolute Gasteiger partial charge is 0.368 e. The fourth-order valence-corrected chi connectivity index (χ4v) is 2.60. The van der Waals surface area contributed by atoms with Gasteiger partial charge in [0.2, 0.25) is 5.91 Å². The highest BCUT2D eigenvalue weighted by Gasteiger charge is 2.30. The SMILES string of the molecule is CCS(=O)(=O)C(C(N)=O)c1ccccc1. The van der Waals surface area contributed by atoms with E-state index in [2.05, 4.69) is 0 Å². The molecule has 0 radical (unpaired) electrons. The van der Waals surface area contributed by atoms with Gasteiger partial charge in [-0.2, -0.15) is 0 Å². The van der Waals surface area contributed by atoms with Crippen LogP contribution < -0.4 is 5.73 Å². The molecule has 1 rings (SSSR count). The number of carbonyl (C=O) groups excluding carboxylic acids is 1. The fourth-order valence-electron chi connectivity index (χ4n) is 1.34. The van der Waals surface area contributed by atoms with Gasteiger partial charge in [-0.1, -0.05) is 37.3 Å². The minimum Gasteiger partial charge on any atom is -0.368 e. The third kappa shape index (κ3) is 2.56. The summed E-state index contributed by atoms with van der Waals surface area (Å²) in [5.41, 5.74) is 5.54. The molecule has 0 aliphatic carbocycles.